The van der Waals surface area contributed by atoms with Gasteiger partial charge in [-0.15, -0.1) is 0 Å². The molecular weight excluding hydrogens is 302 g/mol. The lowest BCUT2D eigenvalue weighted by Crippen LogP contribution is -2.18. The molecule has 5 heteroatoms. The molecule has 2 aromatic carbocycles. The Bertz CT molecular complexity index is 743. The van der Waals surface area contributed by atoms with E-state index in [1.807, 2.05) is 32.0 Å². The average molecular weight is 318 g/mol. The second-order valence-electron chi connectivity index (χ2n) is 5.25. The van der Waals surface area contributed by atoms with E-state index in [4.69, 9.17) is 21.1 Å². The number of carbonyl (C=O) groups excluding carboxylic acids is 1. The molecule has 0 saturated heterocycles. The maximum Gasteiger partial charge on any atom is 0.255 e. The number of carbonyl (C=O) groups is 1. The maximum atomic E-state index is 12.4. The number of nitrogens with one attached hydrogen (secondary N) is 1. The summed E-state index contributed by atoms with van der Waals surface area (Å²) in [6.07, 6.45) is 0. The minimum absolute atomic E-state index is 0.231. The van der Waals surface area contributed by atoms with Crippen molar-refractivity contribution in [3.05, 3.63) is 52.0 Å². The molecule has 0 atom stereocenters. The number of hydrogen-bond donors (Lipinski definition) is 1. The van der Waals surface area contributed by atoms with E-state index in [0.717, 1.165) is 16.8 Å². The van der Waals surface area contributed by atoms with Crippen molar-refractivity contribution in [1.29, 1.82) is 0 Å². The molecule has 1 amide bonds. The van der Waals surface area contributed by atoms with Crippen LogP contribution in [-0.2, 0) is 0 Å². The molecule has 0 fully saturated rings. The van der Waals surface area contributed by atoms with E-state index in [-0.39, 0.29) is 5.91 Å². The summed E-state index contributed by atoms with van der Waals surface area (Å²) in [5.74, 6) is 0.770. The van der Waals surface area contributed by atoms with Gasteiger partial charge in [0.05, 0.1) is 5.02 Å². The van der Waals surface area contributed by atoms with Crippen molar-refractivity contribution < 1.29 is 14.3 Å². The normalized spacial score (nSPS) is 12.9. The minimum atomic E-state index is -0.231. The Morgan fingerprint density at radius 1 is 1.14 bits per heavy atom. The molecule has 114 valence electrons. The second kappa shape index (κ2) is 5.89. The van der Waals surface area contributed by atoms with Crippen molar-refractivity contribution in [3.63, 3.8) is 0 Å². The summed E-state index contributed by atoms with van der Waals surface area (Å²) in [7, 11) is 0. The molecule has 0 unspecified atom stereocenters. The number of amides is 1. The molecule has 2 aromatic rings. The molecule has 1 aliphatic rings. The van der Waals surface area contributed by atoms with Crippen LogP contribution in [0, 0.1) is 13.8 Å². The zero-order valence-electron chi connectivity index (χ0n) is 12.4. The van der Waals surface area contributed by atoms with Gasteiger partial charge >= 0.3 is 0 Å². The van der Waals surface area contributed by atoms with Crippen LogP contribution < -0.4 is 14.8 Å². The zero-order chi connectivity index (χ0) is 15.7. The first-order valence-electron chi connectivity index (χ1n) is 7.02. The SMILES string of the molecule is Cc1ccc(NC(=O)c2cc(Cl)c3c(c2)OCCO3)c(C)c1. The molecule has 0 spiro atoms. The third kappa shape index (κ3) is 2.88. The predicted octanol–water partition coefficient (Wildman–Crippen LogP) is 3.98. The molecule has 0 aliphatic carbocycles. The highest BCUT2D eigenvalue weighted by Gasteiger charge is 2.19. The van der Waals surface area contributed by atoms with E-state index >= 15 is 0 Å². The quantitative estimate of drug-likeness (QED) is 0.911. The molecular formula is C17H16ClNO3. The molecule has 0 aromatic heterocycles. The standard InChI is InChI=1S/C17H16ClNO3/c1-10-3-4-14(11(2)7-10)19-17(20)12-8-13(18)16-15(9-12)21-5-6-22-16/h3-4,7-9H,5-6H2,1-2H3,(H,19,20). The third-order valence-electron chi connectivity index (χ3n) is 3.49. The Hall–Kier alpha value is -2.20. The Morgan fingerprint density at radius 2 is 1.91 bits per heavy atom. The van der Waals surface area contributed by atoms with E-state index < -0.39 is 0 Å². The van der Waals surface area contributed by atoms with Gasteiger partial charge in [0.15, 0.2) is 11.5 Å². The van der Waals surface area contributed by atoms with Gasteiger partial charge in [-0.3, -0.25) is 4.79 Å². The minimum Gasteiger partial charge on any atom is -0.486 e. The summed E-state index contributed by atoms with van der Waals surface area (Å²) in [6.45, 7) is 4.88. The lowest BCUT2D eigenvalue weighted by atomic mass is 10.1. The highest BCUT2D eigenvalue weighted by Crippen LogP contribution is 2.38. The zero-order valence-corrected chi connectivity index (χ0v) is 13.2. The number of hydrogen-bond acceptors (Lipinski definition) is 3. The van der Waals surface area contributed by atoms with Crippen molar-refractivity contribution in [2.24, 2.45) is 0 Å². The largest absolute Gasteiger partial charge is 0.486 e. The van der Waals surface area contributed by atoms with Gasteiger partial charge in [0, 0.05) is 11.3 Å². The van der Waals surface area contributed by atoms with Crippen molar-refractivity contribution >= 4 is 23.2 Å². The fourth-order valence-corrected chi connectivity index (χ4v) is 2.66. The number of ether oxygens (including phenoxy) is 2. The van der Waals surface area contributed by atoms with Crippen LogP contribution in [0.4, 0.5) is 5.69 Å². The van der Waals surface area contributed by atoms with E-state index in [1.165, 1.54) is 0 Å². The number of fused-ring (bicyclic) bond motifs is 1. The fraction of sp³-hybridized carbons (Fsp3) is 0.235. The molecule has 3 rings (SSSR count). The molecule has 0 radical (unpaired) electrons. The van der Waals surface area contributed by atoms with Crippen LogP contribution in [-0.4, -0.2) is 19.1 Å². The molecule has 0 saturated carbocycles. The van der Waals surface area contributed by atoms with Gasteiger partial charge in [0.25, 0.3) is 5.91 Å². The first-order valence-corrected chi connectivity index (χ1v) is 7.40. The summed E-state index contributed by atoms with van der Waals surface area (Å²) in [4.78, 5) is 12.4. The third-order valence-corrected chi connectivity index (χ3v) is 3.77. The maximum absolute atomic E-state index is 12.4. The molecule has 1 aliphatic heterocycles. The monoisotopic (exact) mass is 317 g/mol. The molecule has 0 bridgehead atoms. The van der Waals surface area contributed by atoms with E-state index in [2.05, 4.69) is 5.32 Å². The lowest BCUT2D eigenvalue weighted by Gasteiger charge is -2.20. The van der Waals surface area contributed by atoms with Crippen LogP contribution in [0.5, 0.6) is 11.5 Å². The number of halogens is 1. The summed E-state index contributed by atoms with van der Waals surface area (Å²) in [5, 5.41) is 3.27. The van der Waals surface area contributed by atoms with E-state index in [0.29, 0.717) is 35.3 Å². The number of aryl methyl sites for hydroxylation is 2. The first kappa shape index (κ1) is 14.7. The second-order valence-corrected chi connectivity index (χ2v) is 5.66. The predicted molar refractivity (Wildman–Crippen MR) is 86.3 cm³/mol. The Balaban J connectivity index is 1.87. The van der Waals surface area contributed by atoms with Crippen molar-refractivity contribution in [3.8, 4) is 11.5 Å². The van der Waals surface area contributed by atoms with Crippen molar-refractivity contribution in [2.45, 2.75) is 13.8 Å². The van der Waals surface area contributed by atoms with Crippen LogP contribution in [0.3, 0.4) is 0 Å². The van der Waals surface area contributed by atoms with Crippen LogP contribution in [0.25, 0.3) is 0 Å². The first-order chi connectivity index (χ1) is 10.5. The van der Waals surface area contributed by atoms with Gasteiger partial charge in [-0.25, -0.2) is 0 Å². The Labute approximate surface area is 134 Å². The van der Waals surface area contributed by atoms with Crippen molar-refractivity contribution in [1.82, 2.24) is 0 Å². The Morgan fingerprint density at radius 3 is 2.68 bits per heavy atom. The summed E-state index contributed by atoms with van der Waals surface area (Å²) in [5.41, 5.74) is 3.38. The van der Waals surface area contributed by atoms with Crippen LogP contribution in [0.1, 0.15) is 21.5 Å². The fourth-order valence-electron chi connectivity index (χ4n) is 2.39. The summed E-state index contributed by atoms with van der Waals surface area (Å²) < 4.78 is 10.9. The topological polar surface area (TPSA) is 47.6 Å². The molecule has 22 heavy (non-hydrogen) atoms. The highest BCUT2D eigenvalue weighted by atomic mass is 35.5. The van der Waals surface area contributed by atoms with Crippen LogP contribution in [0.15, 0.2) is 30.3 Å². The number of rotatable bonds is 2. The smallest absolute Gasteiger partial charge is 0.255 e. The molecule has 4 nitrogen and oxygen atoms in total. The van der Waals surface area contributed by atoms with Gasteiger partial charge in [0.2, 0.25) is 0 Å². The van der Waals surface area contributed by atoms with E-state index in [9.17, 15) is 4.79 Å². The van der Waals surface area contributed by atoms with Gasteiger partial charge in [-0.1, -0.05) is 29.3 Å². The Kier molecular flexibility index (Phi) is 3.94. The molecule has 1 N–H and O–H groups in total. The highest BCUT2D eigenvalue weighted by molar-refractivity contribution is 6.32. The number of benzene rings is 2. The van der Waals surface area contributed by atoms with Crippen LogP contribution in [0.2, 0.25) is 5.02 Å². The van der Waals surface area contributed by atoms with Gasteiger partial charge in [0.1, 0.15) is 13.2 Å². The van der Waals surface area contributed by atoms with Gasteiger partial charge < -0.3 is 14.8 Å². The summed E-state index contributed by atoms with van der Waals surface area (Å²) in [6, 6.07) is 9.11. The van der Waals surface area contributed by atoms with Crippen molar-refractivity contribution in [2.75, 3.05) is 18.5 Å². The van der Waals surface area contributed by atoms with E-state index in [1.54, 1.807) is 12.1 Å². The lowest BCUT2D eigenvalue weighted by molar-refractivity contribution is 0.102. The van der Waals surface area contributed by atoms with Crippen LogP contribution >= 0.6 is 11.6 Å². The van der Waals surface area contributed by atoms with Gasteiger partial charge in [-0.2, -0.15) is 0 Å². The molecule has 1 heterocycles. The average Bonchev–Trinajstić information content (AvgIpc) is 2.50. The summed E-state index contributed by atoms with van der Waals surface area (Å²) >= 11 is 6.16. The van der Waals surface area contributed by atoms with Gasteiger partial charge in [-0.05, 0) is 37.6 Å². The number of anilines is 1.